The predicted octanol–water partition coefficient (Wildman–Crippen LogP) is 3.27. The van der Waals surface area contributed by atoms with Crippen LogP contribution in [0.25, 0.3) is 0 Å². The Bertz CT molecular complexity index is 581. The van der Waals surface area contributed by atoms with Crippen LogP contribution in [0.1, 0.15) is 16.7 Å². The van der Waals surface area contributed by atoms with E-state index in [1.165, 1.54) is 17.2 Å². The maximum atomic E-state index is 13.2. The van der Waals surface area contributed by atoms with Crippen molar-refractivity contribution in [2.24, 2.45) is 5.73 Å². The molecule has 2 N–H and O–H groups in total. The van der Waals surface area contributed by atoms with Gasteiger partial charge in [0, 0.05) is 19.3 Å². The first kappa shape index (κ1) is 14.5. The molecule has 0 bridgehead atoms. The SMILES string of the molecule is Cc1cc(CCN)ccc1N(C)Cc1cccc(F)c1. The maximum Gasteiger partial charge on any atom is 0.123 e. The van der Waals surface area contributed by atoms with E-state index in [1.807, 2.05) is 13.1 Å². The number of nitrogens with zero attached hydrogens (tertiary/aromatic N) is 1. The lowest BCUT2D eigenvalue weighted by molar-refractivity contribution is 0.625. The molecular weight excluding hydrogens is 251 g/mol. The van der Waals surface area contributed by atoms with Crippen molar-refractivity contribution < 1.29 is 4.39 Å². The average Bonchev–Trinajstić information content (AvgIpc) is 2.39. The molecule has 0 atom stereocenters. The minimum atomic E-state index is -0.189. The van der Waals surface area contributed by atoms with Crippen LogP contribution in [0, 0.1) is 12.7 Å². The van der Waals surface area contributed by atoms with Crippen molar-refractivity contribution in [1.82, 2.24) is 0 Å². The minimum Gasteiger partial charge on any atom is -0.370 e. The van der Waals surface area contributed by atoms with Gasteiger partial charge < -0.3 is 10.6 Å². The van der Waals surface area contributed by atoms with Crippen LogP contribution in [-0.2, 0) is 13.0 Å². The van der Waals surface area contributed by atoms with E-state index in [2.05, 4.69) is 30.0 Å². The highest BCUT2D eigenvalue weighted by molar-refractivity contribution is 5.54. The molecule has 106 valence electrons. The molecule has 0 saturated heterocycles. The van der Waals surface area contributed by atoms with Gasteiger partial charge in [-0.3, -0.25) is 0 Å². The number of hydrogen-bond acceptors (Lipinski definition) is 2. The average molecular weight is 272 g/mol. The monoisotopic (exact) mass is 272 g/mol. The van der Waals surface area contributed by atoms with Gasteiger partial charge >= 0.3 is 0 Å². The van der Waals surface area contributed by atoms with Crippen LogP contribution in [0.4, 0.5) is 10.1 Å². The number of rotatable bonds is 5. The van der Waals surface area contributed by atoms with E-state index in [9.17, 15) is 4.39 Å². The molecule has 0 amide bonds. The molecule has 0 heterocycles. The molecule has 0 radical (unpaired) electrons. The second kappa shape index (κ2) is 6.53. The normalized spacial score (nSPS) is 10.6. The summed E-state index contributed by atoms with van der Waals surface area (Å²) in [6.07, 6.45) is 0.898. The third kappa shape index (κ3) is 3.58. The lowest BCUT2D eigenvalue weighted by Gasteiger charge is -2.22. The zero-order valence-corrected chi connectivity index (χ0v) is 12.1. The predicted molar refractivity (Wildman–Crippen MR) is 82.4 cm³/mol. The Kier molecular flexibility index (Phi) is 4.74. The molecule has 2 rings (SSSR count). The lowest BCUT2D eigenvalue weighted by Crippen LogP contribution is -2.17. The second-order valence-corrected chi connectivity index (χ2v) is 5.15. The quantitative estimate of drug-likeness (QED) is 0.905. The Labute approximate surface area is 120 Å². The van der Waals surface area contributed by atoms with E-state index < -0.39 is 0 Å². The van der Waals surface area contributed by atoms with Gasteiger partial charge in [-0.2, -0.15) is 0 Å². The van der Waals surface area contributed by atoms with Crippen molar-refractivity contribution in [2.75, 3.05) is 18.5 Å². The highest BCUT2D eigenvalue weighted by atomic mass is 19.1. The first-order valence-corrected chi connectivity index (χ1v) is 6.85. The van der Waals surface area contributed by atoms with E-state index >= 15 is 0 Å². The Morgan fingerprint density at radius 2 is 1.90 bits per heavy atom. The number of anilines is 1. The maximum absolute atomic E-state index is 13.2. The van der Waals surface area contributed by atoms with Gasteiger partial charge in [-0.05, 0) is 54.8 Å². The molecule has 0 saturated carbocycles. The fourth-order valence-corrected chi connectivity index (χ4v) is 2.46. The summed E-state index contributed by atoms with van der Waals surface area (Å²) < 4.78 is 13.2. The minimum absolute atomic E-state index is 0.189. The molecule has 0 aliphatic carbocycles. The zero-order chi connectivity index (χ0) is 14.5. The summed E-state index contributed by atoms with van der Waals surface area (Å²) in [7, 11) is 2.02. The van der Waals surface area contributed by atoms with Crippen molar-refractivity contribution in [1.29, 1.82) is 0 Å². The van der Waals surface area contributed by atoms with Gasteiger partial charge in [0.1, 0.15) is 5.82 Å². The lowest BCUT2D eigenvalue weighted by atomic mass is 10.1. The van der Waals surface area contributed by atoms with Crippen LogP contribution in [0.2, 0.25) is 0 Å². The van der Waals surface area contributed by atoms with E-state index in [1.54, 1.807) is 12.1 Å². The van der Waals surface area contributed by atoms with Crippen LogP contribution in [0.15, 0.2) is 42.5 Å². The smallest absolute Gasteiger partial charge is 0.123 e. The number of benzene rings is 2. The Balaban J connectivity index is 2.14. The Morgan fingerprint density at radius 3 is 2.55 bits per heavy atom. The topological polar surface area (TPSA) is 29.3 Å². The largest absolute Gasteiger partial charge is 0.370 e. The highest BCUT2D eigenvalue weighted by Gasteiger charge is 2.07. The molecular formula is C17H21FN2. The van der Waals surface area contributed by atoms with Crippen molar-refractivity contribution in [3.8, 4) is 0 Å². The van der Waals surface area contributed by atoms with Crippen LogP contribution in [-0.4, -0.2) is 13.6 Å². The fraction of sp³-hybridized carbons (Fsp3) is 0.294. The third-order valence-electron chi connectivity index (χ3n) is 3.41. The summed E-state index contributed by atoms with van der Waals surface area (Å²) in [5, 5.41) is 0. The standard InChI is InChI=1S/C17H21FN2/c1-13-10-14(8-9-19)6-7-17(13)20(2)12-15-4-3-5-16(18)11-15/h3-7,10-11H,8-9,12,19H2,1-2H3. The van der Waals surface area contributed by atoms with E-state index in [4.69, 9.17) is 5.73 Å². The van der Waals surface area contributed by atoms with Gasteiger partial charge in [0.2, 0.25) is 0 Å². The van der Waals surface area contributed by atoms with Gasteiger partial charge in [0.05, 0.1) is 0 Å². The van der Waals surface area contributed by atoms with Crippen LogP contribution >= 0.6 is 0 Å². The zero-order valence-electron chi connectivity index (χ0n) is 12.1. The number of aryl methyl sites for hydroxylation is 1. The van der Waals surface area contributed by atoms with Gasteiger partial charge in [-0.1, -0.05) is 24.3 Å². The highest BCUT2D eigenvalue weighted by Crippen LogP contribution is 2.22. The summed E-state index contributed by atoms with van der Waals surface area (Å²) in [4.78, 5) is 2.14. The molecule has 0 aromatic heterocycles. The van der Waals surface area contributed by atoms with Crippen molar-refractivity contribution in [2.45, 2.75) is 19.9 Å². The van der Waals surface area contributed by atoms with E-state index in [-0.39, 0.29) is 5.82 Å². The van der Waals surface area contributed by atoms with E-state index in [0.717, 1.165) is 17.7 Å². The molecule has 0 aliphatic rings. The van der Waals surface area contributed by atoms with Gasteiger partial charge in [-0.15, -0.1) is 0 Å². The molecule has 0 fully saturated rings. The van der Waals surface area contributed by atoms with Crippen LogP contribution < -0.4 is 10.6 Å². The summed E-state index contributed by atoms with van der Waals surface area (Å²) in [5.41, 5.74) is 10.2. The Hall–Kier alpha value is -1.87. The molecule has 0 spiro atoms. The van der Waals surface area contributed by atoms with E-state index in [0.29, 0.717) is 13.1 Å². The molecule has 2 aromatic carbocycles. The number of hydrogen-bond donors (Lipinski definition) is 1. The summed E-state index contributed by atoms with van der Waals surface area (Å²) in [5.74, 6) is -0.189. The number of halogens is 1. The van der Waals surface area contributed by atoms with Gasteiger partial charge in [0.25, 0.3) is 0 Å². The van der Waals surface area contributed by atoms with Gasteiger partial charge in [0.15, 0.2) is 0 Å². The summed E-state index contributed by atoms with van der Waals surface area (Å²) in [6, 6.07) is 13.1. The first-order chi connectivity index (χ1) is 9.60. The van der Waals surface area contributed by atoms with Crippen LogP contribution in [0.5, 0.6) is 0 Å². The van der Waals surface area contributed by atoms with Crippen molar-refractivity contribution >= 4 is 5.69 Å². The molecule has 0 unspecified atom stereocenters. The number of nitrogens with two attached hydrogens (primary N) is 1. The van der Waals surface area contributed by atoms with Crippen LogP contribution in [0.3, 0.4) is 0 Å². The molecule has 2 aromatic rings. The van der Waals surface area contributed by atoms with Crippen molar-refractivity contribution in [3.63, 3.8) is 0 Å². The second-order valence-electron chi connectivity index (χ2n) is 5.15. The molecule has 2 nitrogen and oxygen atoms in total. The summed E-state index contributed by atoms with van der Waals surface area (Å²) in [6.45, 7) is 3.45. The Morgan fingerprint density at radius 1 is 1.10 bits per heavy atom. The molecule has 3 heteroatoms. The molecule has 0 aliphatic heterocycles. The third-order valence-corrected chi connectivity index (χ3v) is 3.41. The summed E-state index contributed by atoms with van der Waals surface area (Å²) >= 11 is 0. The van der Waals surface area contributed by atoms with Crippen molar-refractivity contribution in [3.05, 3.63) is 65.0 Å². The molecule has 20 heavy (non-hydrogen) atoms. The van der Waals surface area contributed by atoms with Gasteiger partial charge in [-0.25, -0.2) is 4.39 Å². The first-order valence-electron chi connectivity index (χ1n) is 6.85. The fourth-order valence-electron chi connectivity index (χ4n) is 2.46.